The van der Waals surface area contributed by atoms with E-state index < -0.39 is 0 Å². The Morgan fingerprint density at radius 2 is 2.00 bits per heavy atom. The zero-order valence-electron chi connectivity index (χ0n) is 8.53. The van der Waals surface area contributed by atoms with Crippen LogP contribution in [0.5, 0.6) is 0 Å². The van der Waals surface area contributed by atoms with Gasteiger partial charge in [-0.3, -0.25) is 4.90 Å². The lowest BCUT2D eigenvalue weighted by molar-refractivity contribution is 0.438. The molecule has 0 spiro atoms. The maximum atomic E-state index is 5.55. The Morgan fingerprint density at radius 3 is 2.50 bits per heavy atom. The molecular weight excluding hydrogens is 172 g/mol. The van der Waals surface area contributed by atoms with Crippen LogP contribution in [0, 0.1) is 0 Å². The van der Waals surface area contributed by atoms with E-state index in [9.17, 15) is 0 Å². The molecule has 0 amide bonds. The van der Waals surface area contributed by atoms with Gasteiger partial charge in [0.25, 0.3) is 0 Å². The smallest absolute Gasteiger partial charge is 0.0237 e. The van der Waals surface area contributed by atoms with Crippen molar-refractivity contribution in [2.45, 2.75) is 6.54 Å². The van der Waals surface area contributed by atoms with Crippen LogP contribution in [0.1, 0.15) is 11.1 Å². The summed E-state index contributed by atoms with van der Waals surface area (Å²) in [6.45, 7) is 2.75. The molecule has 1 aromatic rings. The number of likely N-dealkylation sites (N-methyl/N-ethyl adjacent to an activating group) is 1. The first-order valence-corrected chi connectivity index (χ1v) is 4.96. The summed E-state index contributed by atoms with van der Waals surface area (Å²) in [5.41, 5.74) is 9.50. The molecule has 1 aliphatic rings. The minimum Gasteiger partial charge on any atom is -0.326 e. The maximum absolute atomic E-state index is 5.55. The van der Waals surface area contributed by atoms with Gasteiger partial charge in [0.05, 0.1) is 0 Å². The number of rotatable bonds is 2. The van der Waals surface area contributed by atoms with Crippen LogP contribution >= 0.6 is 0 Å². The summed E-state index contributed by atoms with van der Waals surface area (Å²) in [7, 11) is 2.14. The summed E-state index contributed by atoms with van der Waals surface area (Å²) in [6, 6.07) is 8.53. The van der Waals surface area contributed by atoms with E-state index >= 15 is 0 Å². The van der Waals surface area contributed by atoms with E-state index in [4.69, 9.17) is 5.73 Å². The fourth-order valence-electron chi connectivity index (χ4n) is 1.75. The molecule has 0 unspecified atom stereocenters. The Bertz CT molecular complexity index is 338. The van der Waals surface area contributed by atoms with E-state index in [1.807, 2.05) is 0 Å². The van der Waals surface area contributed by atoms with Crippen molar-refractivity contribution in [3.05, 3.63) is 41.5 Å². The third-order valence-corrected chi connectivity index (χ3v) is 2.65. The second kappa shape index (κ2) is 3.95. The maximum Gasteiger partial charge on any atom is 0.0237 e. The Labute approximate surface area is 85.0 Å². The largest absolute Gasteiger partial charge is 0.326 e. The van der Waals surface area contributed by atoms with Gasteiger partial charge in [0.2, 0.25) is 0 Å². The van der Waals surface area contributed by atoms with Crippen LogP contribution in [0.4, 0.5) is 0 Å². The zero-order valence-corrected chi connectivity index (χ0v) is 8.53. The average molecular weight is 188 g/mol. The predicted octanol–water partition coefficient (Wildman–Crippen LogP) is 1.47. The van der Waals surface area contributed by atoms with Crippen LogP contribution in [-0.2, 0) is 6.54 Å². The van der Waals surface area contributed by atoms with Gasteiger partial charge in [0.1, 0.15) is 0 Å². The van der Waals surface area contributed by atoms with Gasteiger partial charge >= 0.3 is 0 Å². The van der Waals surface area contributed by atoms with Gasteiger partial charge in [-0.2, -0.15) is 0 Å². The van der Waals surface area contributed by atoms with E-state index in [0.717, 1.165) is 13.1 Å². The summed E-state index contributed by atoms with van der Waals surface area (Å²) >= 11 is 0. The molecule has 14 heavy (non-hydrogen) atoms. The molecule has 0 bridgehead atoms. The number of benzene rings is 1. The summed E-state index contributed by atoms with van der Waals surface area (Å²) in [6.07, 6.45) is 2.29. The van der Waals surface area contributed by atoms with Crippen molar-refractivity contribution >= 4 is 5.57 Å². The lowest BCUT2D eigenvalue weighted by Crippen LogP contribution is -2.13. The SMILES string of the molecule is CN1CC=C(c2ccc(CN)cc2)C1. The van der Waals surface area contributed by atoms with Crippen molar-refractivity contribution < 1.29 is 0 Å². The number of nitrogens with two attached hydrogens (primary N) is 1. The first-order valence-electron chi connectivity index (χ1n) is 4.96. The van der Waals surface area contributed by atoms with E-state index in [1.54, 1.807) is 0 Å². The highest BCUT2D eigenvalue weighted by molar-refractivity contribution is 5.68. The fourth-order valence-corrected chi connectivity index (χ4v) is 1.75. The second-order valence-electron chi connectivity index (χ2n) is 3.83. The van der Waals surface area contributed by atoms with E-state index in [1.165, 1.54) is 16.7 Å². The van der Waals surface area contributed by atoms with Crippen molar-refractivity contribution in [2.75, 3.05) is 20.1 Å². The van der Waals surface area contributed by atoms with Crippen LogP contribution in [0.15, 0.2) is 30.3 Å². The molecule has 0 saturated heterocycles. The number of hydrogen-bond acceptors (Lipinski definition) is 2. The highest BCUT2D eigenvalue weighted by atomic mass is 15.1. The lowest BCUT2D eigenvalue weighted by atomic mass is 10.1. The van der Waals surface area contributed by atoms with Gasteiger partial charge in [-0.05, 0) is 23.7 Å². The molecule has 0 atom stereocenters. The Hall–Kier alpha value is -1.12. The van der Waals surface area contributed by atoms with Gasteiger partial charge < -0.3 is 5.73 Å². The lowest BCUT2D eigenvalue weighted by Gasteiger charge is -2.08. The molecule has 0 radical (unpaired) electrons. The van der Waals surface area contributed by atoms with Crippen molar-refractivity contribution in [3.63, 3.8) is 0 Å². The quantitative estimate of drug-likeness (QED) is 0.761. The molecule has 1 aliphatic heterocycles. The summed E-state index contributed by atoms with van der Waals surface area (Å²) < 4.78 is 0. The van der Waals surface area contributed by atoms with Gasteiger partial charge in [-0.1, -0.05) is 30.3 Å². The van der Waals surface area contributed by atoms with Crippen LogP contribution in [0.2, 0.25) is 0 Å². The highest BCUT2D eigenvalue weighted by Gasteiger charge is 2.10. The summed E-state index contributed by atoms with van der Waals surface area (Å²) in [5.74, 6) is 0. The molecule has 2 N–H and O–H groups in total. The van der Waals surface area contributed by atoms with Crippen LogP contribution < -0.4 is 5.73 Å². The molecule has 1 aromatic carbocycles. The minimum atomic E-state index is 0.624. The van der Waals surface area contributed by atoms with Crippen molar-refractivity contribution in [3.8, 4) is 0 Å². The first kappa shape index (κ1) is 9.44. The van der Waals surface area contributed by atoms with Gasteiger partial charge in [0.15, 0.2) is 0 Å². The van der Waals surface area contributed by atoms with Gasteiger partial charge in [-0.15, -0.1) is 0 Å². The van der Waals surface area contributed by atoms with E-state index in [0.29, 0.717) is 6.54 Å². The third kappa shape index (κ3) is 1.86. The van der Waals surface area contributed by atoms with Crippen molar-refractivity contribution in [1.82, 2.24) is 4.90 Å². The molecular formula is C12H16N2. The average Bonchev–Trinajstić information content (AvgIpc) is 2.65. The molecule has 0 aliphatic carbocycles. The normalized spacial score (nSPS) is 17.1. The number of nitrogens with zero attached hydrogens (tertiary/aromatic N) is 1. The van der Waals surface area contributed by atoms with Crippen LogP contribution in [0.25, 0.3) is 5.57 Å². The van der Waals surface area contributed by atoms with Gasteiger partial charge in [0, 0.05) is 19.6 Å². The molecule has 0 aromatic heterocycles. The summed E-state index contributed by atoms with van der Waals surface area (Å²) in [5, 5.41) is 0. The Balaban J connectivity index is 2.17. The van der Waals surface area contributed by atoms with E-state index in [-0.39, 0.29) is 0 Å². The molecule has 0 fully saturated rings. The minimum absolute atomic E-state index is 0.624. The highest BCUT2D eigenvalue weighted by Crippen LogP contribution is 2.20. The standard InChI is InChI=1S/C12H16N2/c1-14-7-6-12(9-14)11-4-2-10(8-13)3-5-11/h2-6H,7-9,13H2,1H3. The second-order valence-corrected chi connectivity index (χ2v) is 3.83. The molecule has 1 heterocycles. The monoisotopic (exact) mass is 188 g/mol. The predicted molar refractivity (Wildman–Crippen MR) is 59.8 cm³/mol. The van der Waals surface area contributed by atoms with Crippen molar-refractivity contribution in [2.24, 2.45) is 5.73 Å². The Kier molecular flexibility index (Phi) is 2.66. The summed E-state index contributed by atoms with van der Waals surface area (Å²) in [4.78, 5) is 2.30. The van der Waals surface area contributed by atoms with Crippen molar-refractivity contribution in [1.29, 1.82) is 0 Å². The van der Waals surface area contributed by atoms with E-state index in [2.05, 4.69) is 42.3 Å². The molecule has 2 heteroatoms. The topological polar surface area (TPSA) is 29.3 Å². The first-order chi connectivity index (χ1) is 6.79. The van der Waals surface area contributed by atoms with Crippen LogP contribution in [-0.4, -0.2) is 25.0 Å². The Morgan fingerprint density at radius 1 is 1.29 bits per heavy atom. The molecule has 0 saturated carbocycles. The molecule has 2 rings (SSSR count). The molecule has 74 valence electrons. The molecule has 2 nitrogen and oxygen atoms in total. The van der Waals surface area contributed by atoms with Crippen LogP contribution in [0.3, 0.4) is 0 Å². The fraction of sp³-hybridized carbons (Fsp3) is 0.333. The third-order valence-electron chi connectivity index (χ3n) is 2.65. The zero-order chi connectivity index (χ0) is 9.97. The van der Waals surface area contributed by atoms with Gasteiger partial charge in [-0.25, -0.2) is 0 Å². The number of hydrogen-bond donors (Lipinski definition) is 1.